The van der Waals surface area contributed by atoms with Gasteiger partial charge in [-0.05, 0) is 68.4 Å². The van der Waals surface area contributed by atoms with Crippen LogP contribution in [0.4, 0.5) is 11.4 Å². The average molecular weight is 336 g/mol. The average Bonchev–Trinajstić information content (AvgIpc) is 2.64. The Kier molecular flexibility index (Phi) is 5.75. The third kappa shape index (κ3) is 4.62. The fourth-order valence-electron chi connectivity index (χ4n) is 3.58. The molecule has 25 heavy (non-hydrogen) atoms. The largest absolute Gasteiger partial charge is 0.372 e. The van der Waals surface area contributed by atoms with Gasteiger partial charge in [0.05, 0.1) is 0 Å². The van der Waals surface area contributed by atoms with E-state index in [0.29, 0.717) is 6.42 Å². The number of piperidine rings is 1. The lowest BCUT2D eigenvalue weighted by molar-refractivity contribution is -0.116. The second-order valence-electron chi connectivity index (χ2n) is 7.04. The van der Waals surface area contributed by atoms with Crippen molar-refractivity contribution in [3.63, 3.8) is 0 Å². The summed E-state index contributed by atoms with van der Waals surface area (Å²) >= 11 is 0. The number of nitrogens with zero attached hydrogens (tertiary/aromatic N) is 1. The maximum Gasteiger partial charge on any atom is 0.224 e. The Morgan fingerprint density at radius 1 is 1.00 bits per heavy atom. The van der Waals surface area contributed by atoms with Crippen LogP contribution >= 0.6 is 0 Å². The fraction of sp³-hybridized carbons (Fsp3) is 0.409. The van der Waals surface area contributed by atoms with Gasteiger partial charge in [-0.3, -0.25) is 4.79 Å². The molecule has 1 saturated heterocycles. The van der Waals surface area contributed by atoms with Crippen LogP contribution in [0.5, 0.6) is 0 Å². The van der Waals surface area contributed by atoms with E-state index in [1.54, 1.807) is 0 Å². The van der Waals surface area contributed by atoms with Crippen molar-refractivity contribution >= 4 is 17.3 Å². The first-order valence-electron chi connectivity index (χ1n) is 9.33. The lowest BCUT2D eigenvalue weighted by atomic mass is 10.0. The molecule has 1 aliphatic heterocycles. The number of amides is 1. The van der Waals surface area contributed by atoms with Gasteiger partial charge in [0.1, 0.15) is 0 Å². The number of benzene rings is 2. The quantitative estimate of drug-likeness (QED) is 0.845. The molecule has 3 heteroatoms. The number of aryl methyl sites for hydroxylation is 3. The zero-order valence-electron chi connectivity index (χ0n) is 15.3. The van der Waals surface area contributed by atoms with Gasteiger partial charge in [-0.15, -0.1) is 0 Å². The molecule has 0 radical (unpaired) electrons. The smallest absolute Gasteiger partial charge is 0.224 e. The molecule has 3 rings (SSSR count). The second kappa shape index (κ2) is 8.19. The van der Waals surface area contributed by atoms with E-state index in [0.717, 1.165) is 36.3 Å². The van der Waals surface area contributed by atoms with Crippen molar-refractivity contribution in [2.45, 2.75) is 46.0 Å². The predicted molar refractivity (Wildman–Crippen MR) is 105 cm³/mol. The molecule has 0 spiro atoms. The monoisotopic (exact) mass is 336 g/mol. The van der Waals surface area contributed by atoms with Gasteiger partial charge in [0.25, 0.3) is 0 Å². The van der Waals surface area contributed by atoms with E-state index in [1.165, 1.54) is 30.5 Å². The molecule has 0 aromatic heterocycles. The third-order valence-corrected chi connectivity index (χ3v) is 4.99. The third-order valence-electron chi connectivity index (χ3n) is 4.99. The molecule has 0 unspecified atom stereocenters. The first-order chi connectivity index (χ1) is 12.1. The molecule has 1 fully saturated rings. The molecule has 1 N–H and O–H groups in total. The first kappa shape index (κ1) is 17.5. The Morgan fingerprint density at radius 2 is 1.64 bits per heavy atom. The highest BCUT2D eigenvalue weighted by molar-refractivity contribution is 5.92. The van der Waals surface area contributed by atoms with E-state index >= 15 is 0 Å². The topological polar surface area (TPSA) is 32.3 Å². The molecular weight excluding hydrogens is 308 g/mol. The van der Waals surface area contributed by atoms with Crippen molar-refractivity contribution in [3.8, 4) is 0 Å². The minimum absolute atomic E-state index is 0.0841. The molecule has 3 nitrogen and oxygen atoms in total. The van der Waals surface area contributed by atoms with Crippen molar-refractivity contribution in [1.29, 1.82) is 0 Å². The first-order valence-corrected chi connectivity index (χ1v) is 9.33. The fourth-order valence-corrected chi connectivity index (χ4v) is 3.58. The summed E-state index contributed by atoms with van der Waals surface area (Å²) < 4.78 is 0. The van der Waals surface area contributed by atoms with Crippen molar-refractivity contribution in [1.82, 2.24) is 0 Å². The van der Waals surface area contributed by atoms with Crippen LogP contribution in [0.25, 0.3) is 0 Å². The summed E-state index contributed by atoms with van der Waals surface area (Å²) in [6.07, 6.45) is 5.17. The van der Waals surface area contributed by atoms with Crippen LogP contribution in [-0.2, 0) is 11.2 Å². The predicted octanol–water partition coefficient (Wildman–Crippen LogP) is 4.87. The summed E-state index contributed by atoms with van der Waals surface area (Å²) in [4.78, 5) is 14.8. The van der Waals surface area contributed by atoms with Crippen LogP contribution in [0.3, 0.4) is 0 Å². The molecule has 1 aliphatic rings. The molecule has 0 bridgehead atoms. The van der Waals surface area contributed by atoms with Gasteiger partial charge in [-0.1, -0.05) is 30.3 Å². The standard InChI is InChI=1S/C22H28N2O/c1-17-15-20(24-13-7-4-8-14-24)16-18(2)22(17)23-21(25)12-11-19-9-5-3-6-10-19/h3,5-6,9-10,15-16H,4,7-8,11-14H2,1-2H3,(H,23,25). The van der Waals surface area contributed by atoms with Gasteiger partial charge in [0, 0.05) is 30.9 Å². The molecule has 2 aromatic carbocycles. The number of carbonyl (C=O) groups is 1. The van der Waals surface area contributed by atoms with Crippen LogP contribution in [-0.4, -0.2) is 19.0 Å². The Morgan fingerprint density at radius 3 is 2.28 bits per heavy atom. The summed E-state index contributed by atoms with van der Waals surface area (Å²) in [5.41, 5.74) is 5.75. The summed E-state index contributed by atoms with van der Waals surface area (Å²) in [7, 11) is 0. The van der Waals surface area contributed by atoms with E-state index in [4.69, 9.17) is 0 Å². The van der Waals surface area contributed by atoms with Crippen molar-refractivity contribution in [2.75, 3.05) is 23.3 Å². The van der Waals surface area contributed by atoms with E-state index in [2.05, 4.69) is 48.3 Å². The summed E-state index contributed by atoms with van der Waals surface area (Å²) in [6.45, 7) is 6.46. The highest BCUT2D eigenvalue weighted by Crippen LogP contribution is 2.29. The minimum atomic E-state index is 0.0841. The normalized spacial score (nSPS) is 14.4. The number of hydrogen-bond donors (Lipinski definition) is 1. The van der Waals surface area contributed by atoms with E-state index in [-0.39, 0.29) is 5.91 Å². The van der Waals surface area contributed by atoms with Crippen LogP contribution in [0.1, 0.15) is 42.4 Å². The number of hydrogen-bond acceptors (Lipinski definition) is 2. The van der Waals surface area contributed by atoms with Crippen LogP contribution in [0, 0.1) is 13.8 Å². The zero-order chi connectivity index (χ0) is 17.6. The van der Waals surface area contributed by atoms with Crippen LogP contribution in [0.2, 0.25) is 0 Å². The van der Waals surface area contributed by atoms with Gasteiger partial charge in [-0.25, -0.2) is 0 Å². The number of anilines is 2. The van der Waals surface area contributed by atoms with Crippen molar-refractivity contribution in [3.05, 3.63) is 59.2 Å². The van der Waals surface area contributed by atoms with Crippen LogP contribution in [0.15, 0.2) is 42.5 Å². The molecule has 0 saturated carbocycles. The molecule has 1 heterocycles. The highest BCUT2D eigenvalue weighted by atomic mass is 16.1. The molecule has 1 amide bonds. The van der Waals surface area contributed by atoms with Gasteiger partial charge in [0.2, 0.25) is 5.91 Å². The van der Waals surface area contributed by atoms with Gasteiger partial charge < -0.3 is 10.2 Å². The van der Waals surface area contributed by atoms with Gasteiger partial charge >= 0.3 is 0 Å². The molecular formula is C22H28N2O. The molecule has 132 valence electrons. The molecule has 0 aliphatic carbocycles. The van der Waals surface area contributed by atoms with E-state index in [9.17, 15) is 4.79 Å². The number of rotatable bonds is 5. The molecule has 0 atom stereocenters. The maximum absolute atomic E-state index is 12.4. The van der Waals surface area contributed by atoms with E-state index < -0.39 is 0 Å². The van der Waals surface area contributed by atoms with Gasteiger partial charge in [-0.2, -0.15) is 0 Å². The summed E-state index contributed by atoms with van der Waals surface area (Å²) in [5.74, 6) is 0.0841. The Balaban J connectivity index is 1.64. The Bertz CT molecular complexity index is 695. The van der Waals surface area contributed by atoms with Gasteiger partial charge in [0.15, 0.2) is 0 Å². The number of carbonyl (C=O) groups excluding carboxylic acids is 1. The number of nitrogens with one attached hydrogen (secondary N) is 1. The SMILES string of the molecule is Cc1cc(N2CCCCC2)cc(C)c1NC(=O)CCc1ccccc1. The molecule has 2 aromatic rings. The lowest BCUT2D eigenvalue weighted by Crippen LogP contribution is -2.29. The van der Waals surface area contributed by atoms with E-state index in [1.807, 2.05) is 18.2 Å². The maximum atomic E-state index is 12.4. The lowest BCUT2D eigenvalue weighted by Gasteiger charge is -2.30. The van der Waals surface area contributed by atoms with Crippen molar-refractivity contribution in [2.24, 2.45) is 0 Å². The van der Waals surface area contributed by atoms with Crippen molar-refractivity contribution < 1.29 is 4.79 Å². The van der Waals surface area contributed by atoms with Crippen LogP contribution < -0.4 is 10.2 Å². The Labute approximate surface area is 151 Å². The zero-order valence-corrected chi connectivity index (χ0v) is 15.3. The Hall–Kier alpha value is -2.29. The minimum Gasteiger partial charge on any atom is -0.372 e. The summed E-state index contributed by atoms with van der Waals surface area (Å²) in [6, 6.07) is 14.6. The second-order valence-corrected chi connectivity index (χ2v) is 7.04. The summed E-state index contributed by atoms with van der Waals surface area (Å²) in [5, 5.41) is 3.12. The highest BCUT2D eigenvalue weighted by Gasteiger charge is 2.14.